The molecule has 1 heterocycles. The summed E-state index contributed by atoms with van der Waals surface area (Å²) in [5, 5.41) is 6.69. The molecule has 1 saturated carbocycles. The second-order valence-electron chi connectivity index (χ2n) is 3.92. The number of nitrogen functional groups attached to an aromatic ring is 1. The second kappa shape index (κ2) is 3.73. The van der Waals surface area contributed by atoms with Crippen molar-refractivity contribution in [2.45, 2.75) is 38.6 Å². The van der Waals surface area contributed by atoms with Gasteiger partial charge in [-0.1, -0.05) is 13.3 Å². The van der Waals surface area contributed by atoms with Gasteiger partial charge in [-0.15, -0.1) is 5.10 Å². The summed E-state index contributed by atoms with van der Waals surface area (Å²) in [5.41, 5.74) is 5.79. The maximum atomic E-state index is 5.79. The highest BCUT2D eigenvalue weighted by molar-refractivity contribution is 7.71. The van der Waals surface area contributed by atoms with Gasteiger partial charge in [-0.05, 0) is 37.4 Å². The Hall–Kier alpha value is -0.840. The fourth-order valence-electron chi connectivity index (χ4n) is 2.19. The van der Waals surface area contributed by atoms with E-state index in [4.69, 9.17) is 18.0 Å². The molecule has 0 aliphatic heterocycles. The fraction of sp³-hybridized carbons (Fsp3) is 0.778. The number of nitrogens with zero attached hydrogens (tertiary/aromatic N) is 2. The number of nitrogens with one attached hydrogen (secondary N) is 1. The molecule has 0 bridgehead atoms. The van der Waals surface area contributed by atoms with Crippen molar-refractivity contribution < 1.29 is 0 Å². The number of hydrogen-bond donors (Lipinski definition) is 2. The van der Waals surface area contributed by atoms with Gasteiger partial charge in [0.25, 0.3) is 0 Å². The Morgan fingerprint density at radius 3 is 2.79 bits per heavy atom. The first-order valence-electron chi connectivity index (χ1n) is 5.16. The molecule has 4 nitrogen and oxygen atoms in total. The largest absolute Gasteiger partial charge is 0.368 e. The molecule has 1 atom stereocenters. The van der Waals surface area contributed by atoms with Crippen molar-refractivity contribution in [2.24, 2.45) is 5.92 Å². The Balaban J connectivity index is 2.30. The van der Waals surface area contributed by atoms with Gasteiger partial charge in [0.05, 0.1) is 0 Å². The smallest absolute Gasteiger partial charge is 0.220 e. The van der Waals surface area contributed by atoms with Crippen LogP contribution in [0.4, 0.5) is 5.95 Å². The first-order valence-corrected chi connectivity index (χ1v) is 5.57. The summed E-state index contributed by atoms with van der Waals surface area (Å²) in [6, 6.07) is 0.440. The first kappa shape index (κ1) is 9.71. The SMILES string of the molecule is CCC(C1CCC1)n1c(N)n[nH]c1=S. The number of aromatic amines is 1. The zero-order valence-corrected chi connectivity index (χ0v) is 9.18. The summed E-state index contributed by atoms with van der Waals surface area (Å²) in [4.78, 5) is 0. The van der Waals surface area contributed by atoms with Crippen LogP contribution in [0.5, 0.6) is 0 Å². The molecule has 0 aromatic carbocycles. The summed E-state index contributed by atoms with van der Waals surface area (Å²) in [6.07, 6.45) is 5.00. The number of hydrogen-bond acceptors (Lipinski definition) is 3. The normalized spacial score (nSPS) is 19.2. The quantitative estimate of drug-likeness (QED) is 0.756. The summed E-state index contributed by atoms with van der Waals surface area (Å²) < 4.78 is 2.63. The number of anilines is 1. The van der Waals surface area contributed by atoms with Gasteiger partial charge in [0.1, 0.15) is 0 Å². The molecule has 1 fully saturated rings. The lowest BCUT2D eigenvalue weighted by Crippen LogP contribution is -2.25. The minimum absolute atomic E-state index is 0.440. The van der Waals surface area contributed by atoms with E-state index in [0.717, 1.165) is 12.3 Å². The van der Waals surface area contributed by atoms with Crippen molar-refractivity contribution in [3.05, 3.63) is 4.77 Å². The molecule has 1 aliphatic rings. The molecule has 3 N–H and O–H groups in total. The molecule has 1 aliphatic carbocycles. The van der Waals surface area contributed by atoms with Crippen LogP contribution in [0.2, 0.25) is 0 Å². The first-order chi connectivity index (χ1) is 6.74. The van der Waals surface area contributed by atoms with E-state index in [2.05, 4.69) is 17.1 Å². The van der Waals surface area contributed by atoms with E-state index in [1.165, 1.54) is 19.3 Å². The van der Waals surface area contributed by atoms with Gasteiger partial charge in [0, 0.05) is 6.04 Å². The maximum absolute atomic E-state index is 5.79. The van der Waals surface area contributed by atoms with Crippen LogP contribution >= 0.6 is 12.2 Å². The molecule has 5 heteroatoms. The Kier molecular flexibility index (Phi) is 2.58. The summed E-state index contributed by atoms with van der Waals surface area (Å²) >= 11 is 5.17. The predicted octanol–water partition coefficient (Wildman–Crippen LogP) is 2.27. The van der Waals surface area contributed by atoms with E-state index in [1.807, 2.05) is 4.57 Å². The van der Waals surface area contributed by atoms with Crippen molar-refractivity contribution in [3.63, 3.8) is 0 Å². The topological polar surface area (TPSA) is 59.6 Å². The monoisotopic (exact) mass is 212 g/mol. The molecule has 2 rings (SSSR count). The Morgan fingerprint density at radius 1 is 1.71 bits per heavy atom. The molecule has 1 aromatic heterocycles. The minimum Gasteiger partial charge on any atom is -0.368 e. The third-order valence-electron chi connectivity index (χ3n) is 3.18. The standard InChI is InChI=1S/C9H16N4S/c1-2-7(6-4-3-5-6)13-8(10)11-12-9(13)14/h6-7H,2-5H2,1H3,(H2,10,11)(H,12,14). The molecule has 0 radical (unpaired) electrons. The third kappa shape index (κ3) is 1.45. The van der Waals surface area contributed by atoms with E-state index >= 15 is 0 Å². The maximum Gasteiger partial charge on any atom is 0.220 e. The van der Waals surface area contributed by atoms with Gasteiger partial charge >= 0.3 is 0 Å². The van der Waals surface area contributed by atoms with Crippen molar-refractivity contribution in [3.8, 4) is 0 Å². The lowest BCUT2D eigenvalue weighted by Gasteiger charge is -2.34. The van der Waals surface area contributed by atoms with Crippen LogP contribution in [-0.4, -0.2) is 14.8 Å². The third-order valence-corrected chi connectivity index (χ3v) is 3.46. The van der Waals surface area contributed by atoms with Crippen LogP contribution in [-0.2, 0) is 0 Å². The van der Waals surface area contributed by atoms with Gasteiger partial charge in [-0.25, -0.2) is 5.10 Å². The van der Waals surface area contributed by atoms with Crippen LogP contribution in [0.3, 0.4) is 0 Å². The van der Waals surface area contributed by atoms with Crippen LogP contribution in [0.15, 0.2) is 0 Å². The average molecular weight is 212 g/mol. The second-order valence-corrected chi connectivity index (χ2v) is 4.31. The number of aromatic nitrogens is 3. The van der Waals surface area contributed by atoms with Crippen molar-refractivity contribution in [2.75, 3.05) is 5.73 Å². The lowest BCUT2D eigenvalue weighted by atomic mass is 9.78. The molecular weight excluding hydrogens is 196 g/mol. The van der Waals surface area contributed by atoms with Gasteiger partial charge in [-0.2, -0.15) is 0 Å². The highest BCUT2D eigenvalue weighted by Gasteiger charge is 2.28. The zero-order valence-electron chi connectivity index (χ0n) is 8.36. The van der Waals surface area contributed by atoms with Crippen LogP contribution in [0, 0.1) is 10.7 Å². The number of H-pyrrole nitrogens is 1. The van der Waals surface area contributed by atoms with Crippen LogP contribution in [0.25, 0.3) is 0 Å². The highest BCUT2D eigenvalue weighted by atomic mass is 32.1. The Morgan fingerprint density at radius 2 is 2.43 bits per heavy atom. The Labute approximate surface area is 88.5 Å². The summed E-state index contributed by atoms with van der Waals surface area (Å²) in [6.45, 7) is 2.18. The van der Waals surface area contributed by atoms with Crippen molar-refractivity contribution in [1.82, 2.24) is 14.8 Å². The number of nitrogens with two attached hydrogens (primary N) is 1. The zero-order chi connectivity index (χ0) is 10.1. The molecule has 1 aromatic rings. The molecule has 1 unspecified atom stereocenters. The van der Waals surface area contributed by atoms with Gasteiger partial charge in [0.15, 0.2) is 4.77 Å². The van der Waals surface area contributed by atoms with Gasteiger partial charge in [0.2, 0.25) is 5.95 Å². The van der Waals surface area contributed by atoms with E-state index in [1.54, 1.807) is 0 Å². The van der Waals surface area contributed by atoms with E-state index in [9.17, 15) is 0 Å². The molecule has 78 valence electrons. The van der Waals surface area contributed by atoms with E-state index in [-0.39, 0.29) is 0 Å². The molecule has 0 amide bonds. The molecular formula is C9H16N4S. The van der Waals surface area contributed by atoms with Gasteiger partial charge < -0.3 is 5.73 Å². The Bertz CT molecular complexity index is 363. The van der Waals surface area contributed by atoms with Crippen molar-refractivity contribution >= 4 is 18.2 Å². The average Bonchev–Trinajstić information content (AvgIpc) is 2.40. The predicted molar refractivity (Wildman–Crippen MR) is 58.5 cm³/mol. The van der Waals surface area contributed by atoms with Crippen LogP contribution in [0.1, 0.15) is 38.6 Å². The van der Waals surface area contributed by atoms with Crippen LogP contribution < -0.4 is 5.73 Å². The fourth-order valence-corrected chi connectivity index (χ4v) is 2.46. The van der Waals surface area contributed by atoms with Gasteiger partial charge in [-0.3, -0.25) is 4.57 Å². The molecule has 0 spiro atoms. The minimum atomic E-state index is 0.440. The number of rotatable bonds is 3. The summed E-state index contributed by atoms with van der Waals surface area (Å²) in [5.74, 6) is 1.26. The molecule has 14 heavy (non-hydrogen) atoms. The summed E-state index contributed by atoms with van der Waals surface area (Å²) in [7, 11) is 0. The van der Waals surface area contributed by atoms with E-state index < -0.39 is 0 Å². The van der Waals surface area contributed by atoms with Crippen molar-refractivity contribution in [1.29, 1.82) is 0 Å². The lowest BCUT2D eigenvalue weighted by molar-refractivity contribution is 0.203. The highest BCUT2D eigenvalue weighted by Crippen LogP contribution is 2.38. The molecule has 0 saturated heterocycles. The van der Waals surface area contributed by atoms with E-state index in [0.29, 0.717) is 16.8 Å².